The molecule has 0 spiro atoms. The molecular formula is C26H28N4O3. The predicted octanol–water partition coefficient (Wildman–Crippen LogP) is 2.89. The SMILES string of the molecule is O=C(N[C@H]1CCOC[C@@H]1O)c1cc(Cc2ccc(-c3cccnc3)nc2)c2c(n1)CCCC2. The van der Waals surface area contributed by atoms with Crippen molar-refractivity contribution in [3.63, 3.8) is 0 Å². The molecule has 3 aromatic rings. The van der Waals surface area contributed by atoms with E-state index in [1.807, 2.05) is 36.7 Å². The number of ether oxygens (including phenoxy) is 1. The summed E-state index contributed by atoms with van der Waals surface area (Å²) in [6.45, 7) is 0.781. The van der Waals surface area contributed by atoms with Gasteiger partial charge >= 0.3 is 0 Å². The van der Waals surface area contributed by atoms with Crippen molar-refractivity contribution in [1.82, 2.24) is 20.3 Å². The number of carbonyl (C=O) groups excluding carboxylic acids is 1. The number of nitrogens with one attached hydrogen (secondary N) is 1. The van der Waals surface area contributed by atoms with Gasteiger partial charge in [0.2, 0.25) is 0 Å². The largest absolute Gasteiger partial charge is 0.389 e. The van der Waals surface area contributed by atoms with Crippen LogP contribution in [0, 0.1) is 0 Å². The fourth-order valence-corrected chi connectivity index (χ4v) is 4.63. The lowest BCUT2D eigenvalue weighted by Crippen LogP contribution is -2.48. The number of fused-ring (bicyclic) bond motifs is 1. The van der Waals surface area contributed by atoms with Crippen LogP contribution in [0.15, 0.2) is 48.9 Å². The Morgan fingerprint density at radius 2 is 2.09 bits per heavy atom. The van der Waals surface area contributed by atoms with E-state index < -0.39 is 6.10 Å². The monoisotopic (exact) mass is 444 g/mol. The molecule has 33 heavy (non-hydrogen) atoms. The molecule has 3 aromatic heterocycles. The third-order valence-corrected chi connectivity index (χ3v) is 6.44. The number of rotatable bonds is 5. The van der Waals surface area contributed by atoms with E-state index in [0.29, 0.717) is 25.1 Å². The van der Waals surface area contributed by atoms with Crippen LogP contribution in [-0.4, -0.2) is 51.3 Å². The number of carbonyl (C=O) groups is 1. The molecule has 2 N–H and O–H groups in total. The van der Waals surface area contributed by atoms with Crippen molar-refractivity contribution >= 4 is 5.91 Å². The molecule has 0 unspecified atom stereocenters. The fourth-order valence-electron chi connectivity index (χ4n) is 4.63. The average molecular weight is 445 g/mol. The van der Waals surface area contributed by atoms with E-state index in [-0.39, 0.29) is 18.6 Å². The Morgan fingerprint density at radius 3 is 2.88 bits per heavy atom. The topological polar surface area (TPSA) is 97.2 Å². The van der Waals surface area contributed by atoms with Crippen LogP contribution in [0.25, 0.3) is 11.3 Å². The van der Waals surface area contributed by atoms with Gasteiger partial charge in [-0.1, -0.05) is 6.07 Å². The van der Waals surface area contributed by atoms with Gasteiger partial charge in [-0.3, -0.25) is 14.8 Å². The Balaban J connectivity index is 1.39. The average Bonchev–Trinajstić information content (AvgIpc) is 2.86. The van der Waals surface area contributed by atoms with E-state index in [0.717, 1.165) is 53.8 Å². The molecule has 7 heteroatoms. The maximum atomic E-state index is 13.0. The summed E-state index contributed by atoms with van der Waals surface area (Å²) in [7, 11) is 0. The number of aromatic nitrogens is 3. The summed E-state index contributed by atoms with van der Waals surface area (Å²) in [4.78, 5) is 26.5. The van der Waals surface area contributed by atoms with Crippen molar-refractivity contribution in [2.24, 2.45) is 0 Å². The molecule has 170 valence electrons. The number of amides is 1. The first-order valence-electron chi connectivity index (χ1n) is 11.6. The molecule has 7 nitrogen and oxygen atoms in total. The Kier molecular flexibility index (Phi) is 6.41. The van der Waals surface area contributed by atoms with Crippen molar-refractivity contribution < 1.29 is 14.6 Å². The molecule has 0 aromatic carbocycles. The minimum absolute atomic E-state index is 0.236. The smallest absolute Gasteiger partial charge is 0.270 e. The minimum atomic E-state index is -0.691. The maximum Gasteiger partial charge on any atom is 0.270 e. The Labute approximate surface area is 193 Å². The number of hydrogen-bond acceptors (Lipinski definition) is 6. The van der Waals surface area contributed by atoms with Crippen LogP contribution in [0.2, 0.25) is 0 Å². The maximum absolute atomic E-state index is 13.0. The summed E-state index contributed by atoms with van der Waals surface area (Å²) >= 11 is 0. The molecule has 1 aliphatic heterocycles. The van der Waals surface area contributed by atoms with Gasteiger partial charge in [0.05, 0.1) is 24.4 Å². The van der Waals surface area contributed by atoms with Gasteiger partial charge in [0.15, 0.2) is 0 Å². The summed E-state index contributed by atoms with van der Waals surface area (Å²) in [5.74, 6) is -0.236. The molecule has 0 radical (unpaired) electrons. The van der Waals surface area contributed by atoms with Crippen LogP contribution in [0.5, 0.6) is 0 Å². The van der Waals surface area contributed by atoms with Crippen molar-refractivity contribution in [2.75, 3.05) is 13.2 Å². The highest BCUT2D eigenvalue weighted by Crippen LogP contribution is 2.26. The lowest BCUT2D eigenvalue weighted by Gasteiger charge is -2.28. The molecule has 2 atom stereocenters. The first-order valence-corrected chi connectivity index (χ1v) is 11.6. The zero-order valence-electron chi connectivity index (χ0n) is 18.5. The highest BCUT2D eigenvalue weighted by atomic mass is 16.5. The second-order valence-corrected chi connectivity index (χ2v) is 8.78. The van der Waals surface area contributed by atoms with Gasteiger partial charge in [-0.15, -0.1) is 0 Å². The Bertz CT molecular complexity index is 1120. The highest BCUT2D eigenvalue weighted by molar-refractivity contribution is 5.93. The Morgan fingerprint density at radius 1 is 1.18 bits per heavy atom. The summed E-state index contributed by atoms with van der Waals surface area (Å²) in [5.41, 5.74) is 6.81. The summed E-state index contributed by atoms with van der Waals surface area (Å²) in [5, 5.41) is 13.1. The fraction of sp³-hybridized carbons (Fsp3) is 0.385. The van der Waals surface area contributed by atoms with Crippen molar-refractivity contribution in [1.29, 1.82) is 0 Å². The standard InChI is InChI=1S/C26H28N4O3/c31-25-16-33-11-9-23(25)30-26(32)24-13-19(20-5-1-2-6-22(20)29-24)12-17-7-8-21(28-14-17)18-4-3-10-27-15-18/h3-4,7-8,10,13-15,23,25,31H,1-2,5-6,9,11-12,16H2,(H,30,32)/t23-,25-/m0/s1. The van der Waals surface area contributed by atoms with Crippen LogP contribution < -0.4 is 5.32 Å². The normalized spacial score (nSPS) is 20.2. The summed E-state index contributed by atoms with van der Waals surface area (Å²) < 4.78 is 5.27. The highest BCUT2D eigenvalue weighted by Gasteiger charge is 2.27. The number of pyridine rings is 3. The zero-order valence-corrected chi connectivity index (χ0v) is 18.5. The number of nitrogens with zero attached hydrogens (tertiary/aromatic N) is 3. The third-order valence-electron chi connectivity index (χ3n) is 6.44. The van der Waals surface area contributed by atoms with E-state index in [1.165, 1.54) is 5.56 Å². The number of aryl methyl sites for hydroxylation is 1. The number of aliphatic hydroxyl groups excluding tert-OH is 1. The van der Waals surface area contributed by atoms with E-state index in [4.69, 9.17) is 9.72 Å². The van der Waals surface area contributed by atoms with Gasteiger partial charge in [-0.2, -0.15) is 0 Å². The van der Waals surface area contributed by atoms with E-state index in [2.05, 4.69) is 21.4 Å². The lowest BCUT2D eigenvalue weighted by atomic mass is 9.89. The molecular weight excluding hydrogens is 416 g/mol. The van der Waals surface area contributed by atoms with Crippen molar-refractivity contribution in [3.05, 3.63) is 77.0 Å². The van der Waals surface area contributed by atoms with Gasteiger partial charge in [0.1, 0.15) is 5.69 Å². The van der Waals surface area contributed by atoms with E-state index >= 15 is 0 Å². The van der Waals surface area contributed by atoms with E-state index in [9.17, 15) is 9.90 Å². The van der Waals surface area contributed by atoms with Gasteiger partial charge in [0, 0.05) is 36.5 Å². The first-order chi connectivity index (χ1) is 16.2. The molecule has 0 saturated carbocycles. The van der Waals surface area contributed by atoms with Crippen LogP contribution in [0.1, 0.15) is 52.1 Å². The van der Waals surface area contributed by atoms with Crippen LogP contribution >= 0.6 is 0 Å². The molecule has 2 aliphatic rings. The second kappa shape index (κ2) is 9.77. The number of hydrogen-bond donors (Lipinski definition) is 2. The van der Waals surface area contributed by atoms with Gasteiger partial charge < -0.3 is 15.2 Å². The molecule has 4 heterocycles. The Hall–Kier alpha value is -3.16. The second-order valence-electron chi connectivity index (χ2n) is 8.78. The molecule has 0 bridgehead atoms. The minimum Gasteiger partial charge on any atom is -0.389 e. The molecule has 1 aliphatic carbocycles. The molecule has 5 rings (SSSR count). The summed E-state index contributed by atoms with van der Waals surface area (Å²) in [6, 6.07) is 9.61. The van der Waals surface area contributed by atoms with E-state index in [1.54, 1.807) is 6.20 Å². The molecule has 1 fully saturated rings. The van der Waals surface area contributed by atoms with Gasteiger partial charge in [0.25, 0.3) is 5.91 Å². The summed E-state index contributed by atoms with van der Waals surface area (Å²) in [6.07, 6.45) is 10.2. The van der Waals surface area contributed by atoms with Crippen LogP contribution in [-0.2, 0) is 24.0 Å². The van der Waals surface area contributed by atoms with Crippen molar-refractivity contribution in [2.45, 2.75) is 50.7 Å². The van der Waals surface area contributed by atoms with Gasteiger partial charge in [-0.05, 0) is 79.5 Å². The predicted molar refractivity (Wildman–Crippen MR) is 124 cm³/mol. The molecule has 1 amide bonds. The van der Waals surface area contributed by atoms with Gasteiger partial charge in [-0.25, -0.2) is 4.98 Å². The zero-order chi connectivity index (χ0) is 22.6. The third kappa shape index (κ3) is 4.94. The molecule has 1 saturated heterocycles. The van der Waals surface area contributed by atoms with Crippen molar-refractivity contribution in [3.8, 4) is 11.3 Å². The first kappa shape index (κ1) is 21.7. The number of aliphatic hydroxyl groups is 1. The lowest BCUT2D eigenvalue weighted by molar-refractivity contribution is -0.0261. The van der Waals surface area contributed by atoms with Crippen LogP contribution in [0.3, 0.4) is 0 Å². The quantitative estimate of drug-likeness (QED) is 0.628. The van der Waals surface area contributed by atoms with Crippen LogP contribution in [0.4, 0.5) is 0 Å².